The van der Waals surface area contributed by atoms with Crippen LogP contribution < -0.4 is 5.32 Å². The number of nitrogens with zero attached hydrogens (tertiary/aromatic N) is 1. The molecule has 0 spiro atoms. The van der Waals surface area contributed by atoms with Crippen LogP contribution in [0.4, 0.5) is 4.39 Å². The largest absolute Gasteiger partial charge is 0.507 e. The molecule has 6 heteroatoms. The van der Waals surface area contributed by atoms with Crippen LogP contribution in [0.5, 0.6) is 5.75 Å². The number of hydrogen-bond acceptors (Lipinski definition) is 3. The molecule has 1 fully saturated rings. The molecular weight excluding hydrogens is 311 g/mol. The summed E-state index contributed by atoms with van der Waals surface area (Å²) < 4.78 is 13.5. The zero-order chi connectivity index (χ0) is 17.1. The van der Waals surface area contributed by atoms with Crippen molar-refractivity contribution in [2.45, 2.75) is 12.5 Å². The number of rotatable bonds is 2. The number of phenols is 1. The van der Waals surface area contributed by atoms with Gasteiger partial charge in [0.15, 0.2) is 0 Å². The van der Waals surface area contributed by atoms with Crippen molar-refractivity contribution in [1.82, 2.24) is 10.2 Å². The molecule has 0 aromatic heterocycles. The fourth-order valence-corrected chi connectivity index (χ4v) is 2.88. The van der Waals surface area contributed by atoms with Gasteiger partial charge in [-0.05, 0) is 23.8 Å². The molecular formula is C18H17FN2O3. The zero-order valence-electron chi connectivity index (χ0n) is 12.9. The molecule has 2 aromatic rings. The smallest absolute Gasteiger partial charge is 0.258 e. The lowest BCUT2D eigenvalue weighted by Crippen LogP contribution is -2.36. The van der Waals surface area contributed by atoms with Gasteiger partial charge < -0.3 is 15.3 Å². The van der Waals surface area contributed by atoms with Gasteiger partial charge >= 0.3 is 0 Å². The van der Waals surface area contributed by atoms with E-state index in [2.05, 4.69) is 5.32 Å². The van der Waals surface area contributed by atoms with E-state index in [0.29, 0.717) is 6.54 Å². The van der Waals surface area contributed by atoms with E-state index in [1.165, 1.54) is 4.90 Å². The fraction of sp³-hybridized carbons (Fsp3) is 0.222. The Morgan fingerprint density at radius 1 is 1.21 bits per heavy atom. The molecule has 24 heavy (non-hydrogen) atoms. The minimum absolute atomic E-state index is 0.106. The third-order valence-electron chi connectivity index (χ3n) is 4.06. The van der Waals surface area contributed by atoms with Crippen molar-refractivity contribution >= 4 is 11.8 Å². The number of benzene rings is 2. The lowest BCUT2D eigenvalue weighted by Gasteiger charge is -2.29. The molecule has 0 bridgehead atoms. The monoisotopic (exact) mass is 328 g/mol. The lowest BCUT2D eigenvalue weighted by molar-refractivity contribution is -0.121. The molecule has 1 saturated heterocycles. The van der Waals surface area contributed by atoms with Crippen molar-refractivity contribution < 1.29 is 19.1 Å². The van der Waals surface area contributed by atoms with Crippen LogP contribution in [0.25, 0.3) is 0 Å². The molecule has 1 heterocycles. The number of carbonyl (C=O) groups excluding carboxylic acids is 2. The van der Waals surface area contributed by atoms with Crippen molar-refractivity contribution in [3.63, 3.8) is 0 Å². The summed E-state index contributed by atoms with van der Waals surface area (Å²) in [7, 11) is 0. The average molecular weight is 328 g/mol. The number of nitrogens with one attached hydrogen (secondary N) is 1. The molecule has 1 aliphatic rings. The third kappa shape index (κ3) is 3.22. The Balaban J connectivity index is 2.00. The van der Waals surface area contributed by atoms with Crippen molar-refractivity contribution in [3.8, 4) is 5.75 Å². The van der Waals surface area contributed by atoms with Gasteiger partial charge in [-0.15, -0.1) is 0 Å². The second kappa shape index (κ2) is 6.70. The van der Waals surface area contributed by atoms with E-state index < -0.39 is 17.8 Å². The fourth-order valence-electron chi connectivity index (χ4n) is 2.88. The first-order chi connectivity index (χ1) is 11.6. The van der Waals surface area contributed by atoms with Crippen LogP contribution in [0, 0.1) is 5.82 Å². The summed E-state index contributed by atoms with van der Waals surface area (Å²) in [5, 5.41) is 12.7. The summed E-state index contributed by atoms with van der Waals surface area (Å²) >= 11 is 0. The van der Waals surface area contributed by atoms with Gasteiger partial charge in [0.2, 0.25) is 5.91 Å². The van der Waals surface area contributed by atoms with Gasteiger partial charge in [-0.3, -0.25) is 9.59 Å². The maximum absolute atomic E-state index is 13.5. The van der Waals surface area contributed by atoms with Gasteiger partial charge in [0.05, 0.1) is 18.0 Å². The summed E-state index contributed by atoms with van der Waals surface area (Å²) in [6.45, 7) is 0.587. The van der Waals surface area contributed by atoms with Crippen molar-refractivity contribution in [1.29, 1.82) is 0 Å². The Kier molecular flexibility index (Phi) is 4.46. The van der Waals surface area contributed by atoms with Crippen LogP contribution in [0.3, 0.4) is 0 Å². The Labute approximate surface area is 138 Å². The topological polar surface area (TPSA) is 69.6 Å². The van der Waals surface area contributed by atoms with Crippen LogP contribution in [0.2, 0.25) is 0 Å². The van der Waals surface area contributed by atoms with Gasteiger partial charge in [-0.25, -0.2) is 4.39 Å². The molecule has 0 radical (unpaired) electrons. The highest BCUT2D eigenvalue weighted by Gasteiger charge is 2.31. The van der Waals surface area contributed by atoms with E-state index in [-0.39, 0.29) is 30.2 Å². The maximum atomic E-state index is 13.5. The standard InChI is InChI=1S/C18H17FN2O3/c19-13-6-7-16(22)14(10-13)18(24)21-9-8-20-17(23)11-15(21)12-4-2-1-3-5-12/h1-7,10,15,22H,8-9,11H2,(H,20,23). The van der Waals surface area contributed by atoms with E-state index in [1.807, 2.05) is 30.3 Å². The quantitative estimate of drug-likeness (QED) is 0.888. The Morgan fingerprint density at radius 3 is 2.71 bits per heavy atom. The summed E-state index contributed by atoms with van der Waals surface area (Å²) in [5.41, 5.74) is 0.712. The maximum Gasteiger partial charge on any atom is 0.258 e. The van der Waals surface area contributed by atoms with Gasteiger partial charge in [-0.2, -0.15) is 0 Å². The first-order valence-corrected chi connectivity index (χ1v) is 7.67. The van der Waals surface area contributed by atoms with Crippen LogP contribution in [0.15, 0.2) is 48.5 Å². The van der Waals surface area contributed by atoms with Crippen LogP contribution >= 0.6 is 0 Å². The van der Waals surface area contributed by atoms with Crippen LogP contribution in [-0.4, -0.2) is 34.9 Å². The molecule has 2 N–H and O–H groups in total. The molecule has 2 aromatic carbocycles. The molecule has 0 saturated carbocycles. The van der Waals surface area contributed by atoms with Crippen molar-refractivity contribution in [2.24, 2.45) is 0 Å². The lowest BCUT2D eigenvalue weighted by atomic mass is 10.0. The number of carbonyl (C=O) groups is 2. The molecule has 124 valence electrons. The number of phenolic OH excluding ortho intramolecular Hbond substituents is 1. The van der Waals surface area contributed by atoms with Crippen molar-refractivity contribution in [3.05, 3.63) is 65.5 Å². The first-order valence-electron chi connectivity index (χ1n) is 7.67. The molecule has 2 amide bonds. The first kappa shape index (κ1) is 16.0. The second-order valence-corrected chi connectivity index (χ2v) is 5.64. The number of amides is 2. The van der Waals surface area contributed by atoms with Crippen molar-refractivity contribution in [2.75, 3.05) is 13.1 Å². The Hall–Kier alpha value is -2.89. The minimum atomic E-state index is -0.601. The minimum Gasteiger partial charge on any atom is -0.507 e. The SMILES string of the molecule is O=C1CC(c2ccccc2)N(C(=O)c2cc(F)ccc2O)CCN1. The number of halogens is 1. The van der Waals surface area contributed by atoms with Gasteiger partial charge in [0.1, 0.15) is 11.6 Å². The average Bonchev–Trinajstić information content (AvgIpc) is 2.79. The van der Waals surface area contributed by atoms with Gasteiger partial charge in [0.25, 0.3) is 5.91 Å². The van der Waals surface area contributed by atoms with E-state index in [9.17, 15) is 19.1 Å². The normalized spacial score (nSPS) is 18.0. The molecule has 3 rings (SSSR count). The molecule has 1 unspecified atom stereocenters. The van der Waals surface area contributed by atoms with Crippen LogP contribution in [-0.2, 0) is 4.79 Å². The summed E-state index contributed by atoms with van der Waals surface area (Å²) in [6, 6.07) is 12.0. The predicted molar refractivity (Wildman–Crippen MR) is 85.9 cm³/mol. The van der Waals surface area contributed by atoms with E-state index in [1.54, 1.807) is 0 Å². The summed E-state index contributed by atoms with van der Waals surface area (Å²) in [5.74, 6) is -1.53. The van der Waals surface area contributed by atoms with Crippen LogP contribution in [0.1, 0.15) is 28.4 Å². The summed E-state index contributed by atoms with van der Waals surface area (Å²) in [4.78, 5) is 26.3. The predicted octanol–water partition coefficient (Wildman–Crippen LogP) is 2.23. The Bertz CT molecular complexity index is 764. The van der Waals surface area contributed by atoms with E-state index >= 15 is 0 Å². The second-order valence-electron chi connectivity index (χ2n) is 5.64. The van der Waals surface area contributed by atoms with E-state index in [0.717, 1.165) is 23.8 Å². The number of hydrogen-bond donors (Lipinski definition) is 2. The van der Waals surface area contributed by atoms with Gasteiger partial charge in [0, 0.05) is 13.1 Å². The third-order valence-corrected chi connectivity index (χ3v) is 4.06. The zero-order valence-corrected chi connectivity index (χ0v) is 12.9. The molecule has 0 aliphatic carbocycles. The highest BCUT2D eigenvalue weighted by Crippen LogP contribution is 2.29. The highest BCUT2D eigenvalue weighted by atomic mass is 19.1. The molecule has 5 nitrogen and oxygen atoms in total. The molecule has 1 atom stereocenters. The number of aromatic hydroxyl groups is 1. The van der Waals surface area contributed by atoms with E-state index in [4.69, 9.17) is 0 Å². The Morgan fingerprint density at radius 2 is 1.96 bits per heavy atom. The summed E-state index contributed by atoms with van der Waals surface area (Å²) in [6.07, 6.45) is 0.117. The molecule has 1 aliphatic heterocycles. The van der Waals surface area contributed by atoms with Gasteiger partial charge in [-0.1, -0.05) is 30.3 Å². The highest BCUT2D eigenvalue weighted by molar-refractivity contribution is 5.97.